The van der Waals surface area contributed by atoms with Gasteiger partial charge in [0, 0.05) is 19.2 Å². The van der Waals surface area contributed by atoms with Gasteiger partial charge in [-0.25, -0.2) is 0 Å². The summed E-state index contributed by atoms with van der Waals surface area (Å²) < 4.78 is 15.7. The molecule has 1 amide bonds. The first-order chi connectivity index (χ1) is 9.22. The molecule has 19 heavy (non-hydrogen) atoms. The van der Waals surface area contributed by atoms with E-state index in [1.807, 2.05) is 12.1 Å². The number of rotatable bonds is 5. The lowest BCUT2D eigenvalue weighted by molar-refractivity contribution is -0.130. The molecule has 1 N–H and O–H groups in total. The fraction of sp³-hybridized carbons (Fsp3) is 0.500. The van der Waals surface area contributed by atoms with E-state index in [1.165, 1.54) is 0 Å². The molecule has 1 aliphatic heterocycles. The summed E-state index contributed by atoms with van der Waals surface area (Å²) in [5.41, 5.74) is 0.933. The summed E-state index contributed by atoms with van der Waals surface area (Å²) in [7, 11) is 3.20. The molecule has 5 nitrogen and oxygen atoms in total. The van der Waals surface area contributed by atoms with Gasteiger partial charge in [0.05, 0.1) is 14.2 Å². The van der Waals surface area contributed by atoms with E-state index in [9.17, 15) is 4.79 Å². The largest absolute Gasteiger partial charge is 0.497 e. The van der Waals surface area contributed by atoms with Crippen LogP contribution >= 0.6 is 0 Å². The van der Waals surface area contributed by atoms with E-state index in [0.29, 0.717) is 24.7 Å². The van der Waals surface area contributed by atoms with Crippen molar-refractivity contribution in [1.82, 2.24) is 5.32 Å². The smallest absolute Gasteiger partial charge is 0.249 e. The van der Waals surface area contributed by atoms with Crippen LogP contribution in [-0.4, -0.2) is 32.8 Å². The zero-order valence-corrected chi connectivity index (χ0v) is 11.3. The van der Waals surface area contributed by atoms with Gasteiger partial charge in [-0.1, -0.05) is 0 Å². The van der Waals surface area contributed by atoms with Crippen molar-refractivity contribution in [3.05, 3.63) is 23.8 Å². The van der Waals surface area contributed by atoms with Crippen LogP contribution in [-0.2, 0) is 16.1 Å². The molecule has 1 fully saturated rings. The topological polar surface area (TPSA) is 56.8 Å². The quantitative estimate of drug-likeness (QED) is 0.876. The Morgan fingerprint density at radius 2 is 2.00 bits per heavy atom. The van der Waals surface area contributed by atoms with Crippen LogP contribution < -0.4 is 14.8 Å². The molecule has 0 aromatic heterocycles. The van der Waals surface area contributed by atoms with Crippen molar-refractivity contribution < 1.29 is 19.0 Å². The van der Waals surface area contributed by atoms with Gasteiger partial charge in [-0.3, -0.25) is 4.79 Å². The third kappa shape index (κ3) is 3.61. The first-order valence-corrected chi connectivity index (χ1v) is 6.34. The Hall–Kier alpha value is -1.75. The number of hydrogen-bond acceptors (Lipinski definition) is 4. The van der Waals surface area contributed by atoms with Gasteiger partial charge < -0.3 is 19.5 Å². The molecule has 5 heteroatoms. The normalized spacial score (nSPS) is 18.1. The summed E-state index contributed by atoms with van der Waals surface area (Å²) in [5.74, 6) is 1.36. The highest BCUT2D eigenvalue weighted by molar-refractivity contribution is 5.80. The van der Waals surface area contributed by atoms with Gasteiger partial charge in [-0.05, 0) is 30.5 Å². The molecule has 1 atom stereocenters. The number of methoxy groups -OCH3 is 2. The molecule has 1 aliphatic rings. The standard InChI is InChI=1S/C14H19NO4/c1-17-11-6-10(7-12(8-11)18-2)9-15-14(16)13-4-3-5-19-13/h6-8,13H,3-5,9H2,1-2H3,(H,15,16). The van der Waals surface area contributed by atoms with Crippen molar-refractivity contribution >= 4 is 5.91 Å². The highest BCUT2D eigenvalue weighted by atomic mass is 16.5. The van der Waals surface area contributed by atoms with Crippen LogP contribution in [0.2, 0.25) is 0 Å². The number of nitrogens with one attached hydrogen (secondary N) is 1. The Morgan fingerprint density at radius 3 is 2.53 bits per heavy atom. The predicted molar refractivity (Wildman–Crippen MR) is 70.4 cm³/mol. The molecular weight excluding hydrogens is 246 g/mol. The number of hydrogen-bond donors (Lipinski definition) is 1. The molecule has 1 saturated heterocycles. The van der Waals surface area contributed by atoms with Crippen molar-refractivity contribution in [2.45, 2.75) is 25.5 Å². The van der Waals surface area contributed by atoms with Crippen LogP contribution in [0.4, 0.5) is 0 Å². The van der Waals surface area contributed by atoms with Gasteiger partial charge in [0.15, 0.2) is 0 Å². The summed E-state index contributed by atoms with van der Waals surface area (Å²) in [6.07, 6.45) is 1.45. The lowest BCUT2D eigenvalue weighted by Crippen LogP contribution is -2.33. The van der Waals surface area contributed by atoms with E-state index in [1.54, 1.807) is 20.3 Å². The van der Waals surface area contributed by atoms with Gasteiger partial charge in [0.1, 0.15) is 17.6 Å². The summed E-state index contributed by atoms with van der Waals surface area (Å²) in [5, 5.41) is 2.87. The number of carbonyl (C=O) groups excluding carboxylic acids is 1. The van der Waals surface area contributed by atoms with Gasteiger partial charge in [0.2, 0.25) is 5.91 Å². The second-order valence-electron chi connectivity index (χ2n) is 4.44. The highest BCUT2D eigenvalue weighted by Gasteiger charge is 2.23. The zero-order valence-electron chi connectivity index (χ0n) is 11.3. The molecule has 0 bridgehead atoms. The molecule has 2 rings (SSSR count). The molecule has 1 unspecified atom stereocenters. The van der Waals surface area contributed by atoms with Crippen LogP contribution in [0.5, 0.6) is 11.5 Å². The number of carbonyl (C=O) groups is 1. The van der Waals surface area contributed by atoms with Crippen molar-refractivity contribution in [3.63, 3.8) is 0 Å². The average Bonchev–Trinajstić information content (AvgIpc) is 2.98. The third-order valence-corrected chi connectivity index (χ3v) is 3.10. The minimum Gasteiger partial charge on any atom is -0.497 e. The van der Waals surface area contributed by atoms with E-state index >= 15 is 0 Å². The minimum atomic E-state index is -0.299. The Kier molecular flexibility index (Phi) is 4.63. The monoisotopic (exact) mass is 265 g/mol. The molecule has 104 valence electrons. The third-order valence-electron chi connectivity index (χ3n) is 3.10. The van der Waals surface area contributed by atoms with Gasteiger partial charge in [0.25, 0.3) is 0 Å². The van der Waals surface area contributed by atoms with Crippen molar-refractivity contribution in [2.75, 3.05) is 20.8 Å². The Labute approximate surface area is 112 Å². The average molecular weight is 265 g/mol. The van der Waals surface area contributed by atoms with Crippen molar-refractivity contribution in [2.24, 2.45) is 0 Å². The van der Waals surface area contributed by atoms with Crippen LogP contribution in [0.1, 0.15) is 18.4 Å². The highest BCUT2D eigenvalue weighted by Crippen LogP contribution is 2.22. The molecule has 1 heterocycles. The molecule has 0 aliphatic carbocycles. The second-order valence-corrected chi connectivity index (χ2v) is 4.44. The summed E-state index contributed by atoms with van der Waals surface area (Å²) in [6, 6.07) is 5.54. The molecular formula is C14H19NO4. The molecule has 0 saturated carbocycles. The summed E-state index contributed by atoms with van der Waals surface area (Å²) in [6.45, 7) is 1.11. The zero-order chi connectivity index (χ0) is 13.7. The number of amides is 1. The number of benzene rings is 1. The fourth-order valence-electron chi connectivity index (χ4n) is 2.06. The molecule has 0 spiro atoms. The number of ether oxygens (including phenoxy) is 3. The first-order valence-electron chi connectivity index (χ1n) is 6.34. The van der Waals surface area contributed by atoms with Crippen LogP contribution in [0, 0.1) is 0 Å². The maximum atomic E-state index is 11.8. The van der Waals surface area contributed by atoms with E-state index < -0.39 is 0 Å². The predicted octanol–water partition coefficient (Wildman–Crippen LogP) is 1.50. The Morgan fingerprint density at radius 1 is 1.32 bits per heavy atom. The first kappa shape index (κ1) is 13.7. The van der Waals surface area contributed by atoms with Crippen LogP contribution in [0.25, 0.3) is 0 Å². The minimum absolute atomic E-state index is 0.0562. The lowest BCUT2D eigenvalue weighted by Gasteiger charge is -2.12. The molecule has 1 aromatic carbocycles. The Balaban J connectivity index is 1.96. The Bertz CT molecular complexity index is 419. The van der Waals surface area contributed by atoms with E-state index in [2.05, 4.69) is 5.32 Å². The fourth-order valence-corrected chi connectivity index (χ4v) is 2.06. The van der Waals surface area contributed by atoms with E-state index in [0.717, 1.165) is 18.4 Å². The van der Waals surface area contributed by atoms with E-state index in [-0.39, 0.29) is 12.0 Å². The van der Waals surface area contributed by atoms with E-state index in [4.69, 9.17) is 14.2 Å². The van der Waals surface area contributed by atoms with Crippen molar-refractivity contribution in [1.29, 1.82) is 0 Å². The van der Waals surface area contributed by atoms with Crippen molar-refractivity contribution in [3.8, 4) is 11.5 Å². The second kappa shape index (κ2) is 6.43. The van der Waals surface area contributed by atoms with Crippen LogP contribution in [0.3, 0.4) is 0 Å². The van der Waals surface area contributed by atoms with Crippen LogP contribution in [0.15, 0.2) is 18.2 Å². The van der Waals surface area contributed by atoms with Gasteiger partial charge >= 0.3 is 0 Å². The molecule has 1 aromatic rings. The summed E-state index contributed by atoms with van der Waals surface area (Å²) >= 11 is 0. The lowest BCUT2D eigenvalue weighted by atomic mass is 10.2. The van der Waals surface area contributed by atoms with Gasteiger partial charge in [-0.2, -0.15) is 0 Å². The maximum absolute atomic E-state index is 11.8. The maximum Gasteiger partial charge on any atom is 0.249 e. The SMILES string of the molecule is COc1cc(CNC(=O)C2CCCO2)cc(OC)c1. The summed E-state index contributed by atoms with van der Waals surface area (Å²) in [4.78, 5) is 11.8. The molecule has 0 radical (unpaired) electrons. The van der Waals surface area contributed by atoms with Gasteiger partial charge in [-0.15, -0.1) is 0 Å².